The summed E-state index contributed by atoms with van der Waals surface area (Å²) in [4.78, 5) is 12.2. The van der Waals surface area contributed by atoms with E-state index in [2.05, 4.69) is 0 Å². The Balaban J connectivity index is 2.01. The lowest BCUT2D eigenvalue weighted by molar-refractivity contribution is 0.104. The smallest absolute Gasteiger partial charge is 0.185 e. The Labute approximate surface area is 147 Å². The van der Waals surface area contributed by atoms with E-state index in [9.17, 15) is 9.90 Å². The number of hydrogen-bond acceptors (Lipinski definition) is 5. The fraction of sp³-hybridized carbons (Fsp3) is 0.250. The van der Waals surface area contributed by atoms with Crippen LogP contribution in [-0.2, 0) is 4.74 Å². The molecule has 0 saturated heterocycles. The maximum atomic E-state index is 12.2. The highest BCUT2D eigenvalue weighted by molar-refractivity contribution is 6.06. The van der Waals surface area contributed by atoms with Crippen molar-refractivity contribution in [1.29, 1.82) is 0 Å². The molecule has 0 aromatic heterocycles. The average Bonchev–Trinajstić information content (AvgIpc) is 2.63. The normalized spacial score (nSPS) is 10.8. The molecule has 0 saturated carbocycles. The second-order valence-corrected chi connectivity index (χ2v) is 5.22. The molecule has 25 heavy (non-hydrogen) atoms. The Hall–Kier alpha value is -2.79. The van der Waals surface area contributed by atoms with E-state index >= 15 is 0 Å². The highest BCUT2D eigenvalue weighted by atomic mass is 16.5. The summed E-state index contributed by atoms with van der Waals surface area (Å²) in [5.74, 6) is 1.05. The summed E-state index contributed by atoms with van der Waals surface area (Å²) in [6, 6.07) is 11.9. The van der Waals surface area contributed by atoms with Gasteiger partial charge in [0.1, 0.15) is 12.4 Å². The maximum absolute atomic E-state index is 12.2. The zero-order valence-electron chi connectivity index (χ0n) is 14.4. The molecular formula is C20H22O5. The van der Waals surface area contributed by atoms with Gasteiger partial charge in [-0.3, -0.25) is 4.79 Å². The van der Waals surface area contributed by atoms with Gasteiger partial charge in [0.2, 0.25) is 0 Å². The average molecular weight is 342 g/mol. The molecule has 0 aliphatic carbocycles. The number of ketones is 1. The van der Waals surface area contributed by atoms with Crippen molar-refractivity contribution in [1.82, 2.24) is 0 Å². The first-order valence-corrected chi connectivity index (χ1v) is 8.04. The van der Waals surface area contributed by atoms with E-state index in [0.717, 1.165) is 5.56 Å². The topological polar surface area (TPSA) is 65.0 Å². The molecule has 2 aromatic carbocycles. The van der Waals surface area contributed by atoms with Gasteiger partial charge in [0.25, 0.3) is 0 Å². The van der Waals surface area contributed by atoms with Crippen LogP contribution in [-0.4, -0.2) is 37.8 Å². The van der Waals surface area contributed by atoms with E-state index < -0.39 is 0 Å². The van der Waals surface area contributed by atoms with Gasteiger partial charge in [-0.1, -0.05) is 12.1 Å². The van der Waals surface area contributed by atoms with Crippen LogP contribution in [0.4, 0.5) is 0 Å². The number of benzene rings is 2. The molecule has 0 amide bonds. The van der Waals surface area contributed by atoms with E-state index in [1.165, 1.54) is 6.08 Å². The van der Waals surface area contributed by atoms with Crippen molar-refractivity contribution in [3.05, 3.63) is 59.7 Å². The molecule has 0 fully saturated rings. The highest BCUT2D eigenvalue weighted by Crippen LogP contribution is 2.27. The number of allylic oxidation sites excluding steroid dienone is 1. The van der Waals surface area contributed by atoms with E-state index in [1.54, 1.807) is 55.7 Å². The van der Waals surface area contributed by atoms with Gasteiger partial charge in [0, 0.05) is 12.7 Å². The van der Waals surface area contributed by atoms with Crippen LogP contribution in [0.5, 0.6) is 17.2 Å². The van der Waals surface area contributed by atoms with Crippen molar-refractivity contribution in [3.63, 3.8) is 0 Å². The highest BCUT2D eigenvalue weighted by Gasteiger charge is 2.04. The predicted molar refractivity (Wildman–Crippen MR) is 96.5 cm³/mol. The van der Waals surface area contributed by atoms with Crippen LogP contribution in [0.2, 0.25) is 0 Å². The fourth-order valence-corrected chi connectivity index (χ4v) is 2.13. The van der Waals surface area contributed by atoms with Gasteiger partial charge in [-0.05, 0) is 55.0 Å². The molecule has 5 nitrogen and oxygen atoms in total. The van der Waals surface area contributed by atoms with Crippen molar-refractivity contribution in [2.75, 3.05) is 26.9 Å². The molecule has 0 heterocycles. The van der Waals surface area contributed by atoms with E-state index in [1.807, 2.05) is 6.92 Å². The summed E-state index contributed by atoms with van der Waals surface area (Å²) in [6.07, 6.45) is 3.18. The third-order valence-corrected chi connectivity index (χ3v) is 3.41. The number of rotatable bonds is 9. The molecule has 5 heteroatoms. The molecule has 2 rings (SSSR count). The number of phenolic OH excluding ortho intramolecular Hbond substituents is 1. The van der Waals surface area contributed by atoms with Crippen molar-refractivity contribution in [3.8, 4) is 17.2 Å². The first-order valence-electron chi connectivity index (χ1n) is 8.04. The molecule has 1 N–H and O–H groups in total. The van der Waals surface area contributed by atoms with E-state index in [0.29, 0.717) is 36.9 Å². The zero-order valence-corrected chi connectivity index (χ0v) is 14.4. The van der Waals surface area contributed by atoms with Gasteiger partial charge < -0.3 is 19.3 Å². The van der Waals surface area contributed by atoms with Crippen molar-refractivity contribution >= 4 is 11.9 Å². The third-order valence-electron chi connectivity index (χ3n) is 3.41. The van der Waals surface area contributed by atoms with Crippen LogP contribution in [0.15, 0.2) is 48.5 Å². The van der Waals surface area contributed by atoms with Gasteiger partial charge in [0.05, 0.1) is 13.2 Å². The van der Waals surface area contributed by atoms with Gasteiger partial charge in [0.15, 0.2) is 17.3 Å². The molecule has 0 radical (unpaired) electrons. The van der Waals surface area contributed by atoms with Crippen molar-refractivity contribution < 1.29 is 24.1 Å². The van der Waals surface area contributed by atoms with Crippen LogP contribution in [0.25, 0.3) is 6.08 Å². The van der Waals surface area contributed by atoms with Crippen LogP contribution in [0.3, 0.4) is 0 Å². The molecule has 0 unspecified atom stereocenters. The summed E-state index contributed by atoms with van der Waals surface area (Å²) in [7, 11) is 1.61. The number of carbonyl (C=O) groups excluding carboxylic acids is 1. The number of aromatic hydroxyl groups is 1. The Morgan fingerprint density at radius 3 is 2.52 bits per heavy atom. The van der Waals surface area contributed by atoms with Crippen molar-refractivity contribution in [2.24, 2.45) is 0 Å². The summed E-state index contributed by atoms with van der Waals surface area (Å²) in [5.41, 5.74) is 1.34. The second-order valence-electron chi connectivity index (χ2n) is 5.22. The molecule has 0 aliphatic heterocycles. The monoisotopic (exact) mass is 342 g/mol. The minimum absolute atomic E-state index is 0.0781. The van der Waals surface area contributed by atoms with Gasteiger partial charge in [-0.25, -0.2) is 0 Å². The summed E-state index contributed by atoms with van der Waals surface area (Å²) < 4.78 is 15.7. The fourth-order valence-electron chi connectivity index (χ4n) is 2.13. The molecular weight excluding hydrogens is 320 g/mol. The summed E-state index contributed by atoms with van der Waals surface area (Å²) in [5, 5.41) is 9.69. The minimum Gasteiger partial charge on any atom is -0.504 e. The van der Waals surface area contributed by atoms with E-state index in [4.69, 9.17) is 14.2 Å². The van der Waals surface area contributed by atoms with Crippen molar-refractivity contribution in [2.45, 2.75) is 6.92 Å². The van der Waals surface area contributed by atoms with Gasteiger partial charge in [-0.15, -0.1) is 0 Å². The SMILES string of the molecule is CCOc1cc(/C=C/C(=O)c2ccc(OCCOC)cc2)ccc1O. The quantitative estimate of drug-likeness (QED) is 0.427. The molecule has 0 atom stereocenters. The Morgan fingerprint density at radius 2 is 1.84 bits per heavy atom. The van der Waals surface area contributed by atoms with E-state index in [-0.39, 0.29) is 11.5 Å². The second kappa shape index (κ2) is 9.49. The predicted octanol–water partition coefficient (Wildman–Crippen LogP) is 3.71. The number of carbonyl (C=O) groups is 1. The minimum atomic E-state index is -0.116. The first kappa shape index (κ1) is 18.5. The molecule has 0 bridgehead atoms. The van der Waals surface area contributed by atoms with Gasteiger partial charge >= 0.3 is 0 Å². The molecule has 2 aromatic rings. The lowest BCUT2D eigenvalue weighted by Crippen LogP contribution is -2.04. The number of hydrogen-bond donors (Lipinski definition) is 1. The lowest BCUT2D eigenvalue weighted by Gasteiger charge is -2.06. The molecule has 0 spiro atoms. The Bertz CT molecular complexity index is 719. The zero-order chi connectivity index (χ0) is 18.1. The first-order chi connectivity index (χ1) is 12.1. The van der Waals surface area contributed by atoms with Crippen LogP contribution in [0, 0.1) is 0 Å². The summed E-state index contributed by atoms with van der Waals surface area (Å²) >= 11 is 0. The van der Waals surface area contributed by atoms with Gasteiger partial charge in [-0.2, -0.15) is 0 Å². The Morgan fingerprint density at radius 1 is 1.08 bits per heavy atom. The number of ether oxygens (including phenoxy) is 3. The van der Waals surface area contributed by atoms with Crippen LogP contribution >= 0.6 is 0 Å². The number of phenols is 1. The maximum Gasteiger partial charge on any atom is 0.185 e. The lowest BCUT2D eigenvalue weighted by atomic mass is 10.1. The van der Waals surface area contributed by atoms with Crippen LogP contribution < -0.4 is 9.47 Å². The molecule has 0 aliphatic rings. The largest absolute Gasteiger partial charge is 0.504 e. The molecule has 132 valence electrons. The third kappa shape index (κ3) is 5.65. The Kier molecular flexibility index (Phi) is 7.04. The number of methoxy groups -OCH3 is 1. The summed E-state index contributed by atoms with van der Waals surface area (Å²) in [6.45, 7) is 3.28. The standard InChI is InChI=1S/C20H22O5/c1-3-24-20-14-15(5-11-19(20)22)4-10-18(21)16-6-8-17(9-7-16)25-13-12-23-2/h4-11,14,22H,3,12-13H2,1-2H3/b10-4+. The van der Waals surface area contributed by atoms with Crippen LogP contribution in [0.1, 0.15) is 22.8 Å².